The molecule has 0 radical (unpaired) electrons. The minimum absolute atomic E-state index is 0.0392. The second-order valence-corrected chi connectivity index (χ2v) is 5.45. The molecule has 1 aliphatic heterocycles. The first-order valence-corrected chi connectivity index (χ1v) is 7.47. The van der Waals surface area contributed by atoms with Crippen LogP contribution in [0.2, 0.25) is 0 Å². The summed E-state index contributed by atoms with van der Waals surface area (Å²) in [6, 6.07) is 10.2. The Balaban J connectivity index is 1.51. The number of rotatable bonds is 4. The van der Waals surface area contributed by atoms with E-state index in [9.17, 15) is 4.79 Å². The number of benzene rings is 1. The Morgan fingerprint density at radius 3 is 2.95 bits per heavy atom. The molecule has 0 unspecified atom stereocenters. The van der Waals surface area contributed by atoms with Gasteiger partial charge in [-0.15, -0.1) is 0 Å². The maximum atomic E-state index is 12.5. The molecule has 4 rings (SSSR count). The highest BCUT2D eigenvalue weighted by atomic mass is 16.1. The van der Waals surface area contributed by atoms with Crippen LogP contribution in [0.5, 0.6) is 0 Å². The summed E-state index contributed by atoms with van der Waals surface area (Å²) in [4.78, 5) is 21.3. The zero-order chi connectivity index (χ0) is 14.9. The number of nitrogens with one attached hydrogen (secondary N) is 1. The molecular weight excluding hydrogens is 276 g/mol. The Kier molecular flexibility index (Phi) is 3.11. The molecular formula is C17H16N4O. The van der Waals surface area contributed by atoms with Crippen molar-refractivity contribution in [2.75, 3.05) is 13.1 Å². The molecule has 1 aromatic heterocycles. The Labute approximate surface area is 128 Å². The van der Waals surface area contributed by atoms with Crippen molar-refractivity contribution in [2.24, 2.45) is 4.99 Å². The quantitative estimate of drug-likeness (QED) is 0.931. The van der Waals surface area contributed by atoms with Gasteiger partial charge in [0, 0.05) is 13.1 Å². The van der Waals surface area contributed by atoms with Gasteiger partial charge in [0.25, 0.3) is 0 Å². The molecule has 0 fully saturated rings. The minimum Gasteiger partial charge on any atom is -0.381 e. The molecule has 0 saturated heterocycles. The van der Waals surface area contributed by atoms with Crippen LogP contribution in [0.15, 0.2) is 53.4 Å². The second-order valence-electron chi connectivity index (χ2n) is 5.45. The zero-order valence-corrected chi connectivity index (χ0v) is 12.1. The molecule has 0 spiro atoms. The highest BCUT2D eigenvalue weighted by Gasteiger charge is 2.30. The van der Waals surface area contributed by atoms with E-state index in [1.165, 1.54) is 5.56 Å². The first-order valence-electron chi connectivity index (χ1n) is 7.47. The number of aliphatic imine (C=N–C) groups is 1. The summed E-state index contributed by atoms with van der Waals surface area (Å²) >= 11 is 0. The average Bonchev–Trinajstić information content (AvgIpc) is 2.99. The molecule has 0 amide bonds. The smallest absolute Gasteiger partial charge is 0.229 e. The molecule has 2 aromatic rings. The van der Waals surface area contributed by atoms with Crippen molar-refractivity contribution < 1.29 is 4.79 Å². The van der Waals surface area contributed by atoms with Gasteiger partial charge in [-0.2, -0.15) is 0 Å². The normalized spacial score (nSPS) is 15.9. The van der Waals surface area contributed by atoms with E-state index < -0.39 is 0 Å². The number of Topliss-reactive ketones (excluding diaryl/α,β-unsaturated/α-hetero) is 1. The number of hydrogen-bond acceptors (Lipinski definition) is 4. The summed E-state index contributed by atoms with van der Waals surface area (Å²) in [5, 5.41) is 3.24. The lowest BCUT2D eigenvalue weighted by molar-refractivity contribution is 0.102. The van der Waals surface area contributed by atoms with Crippen LogP contribution in [0.3, 0.4) is 0 Å². The largest absolute Gasteiger partial charge is 0.381 e. The van der Waals surface area contributed by atoms with Crippen molar-refractivity contribution in [3.8, 4) is 0 Å². The van der Waals surface area contributed by atoms with Crippen molar-refractivity contribution in [3.63, 3.8) is 0 Å². The highest BCUT2D eigenvalue weighted by molar-refractivity contribution is 6.24. The Morgan fingerprint density at radius 2 is 2.09 bits per heavy atom. The zero-order valence-electron chi connectivity index (χ0n) is 12.1. The van der Waals surface area contributed by atoms with Crippen LogP contribution in [0, 0.1) is 0 Å². The summed E-state index contributed by atoms with van der Waals surface area (Å²) in [6.07, 6.45) is 4.46. The third-order valence-electron chi connectivity index (χ3n) is 4.02. The Morgan fingerprint density at radius 1 is 1.23 bits per heavy atom. The molecule has 5 nitrogen and oxygen atoms in total. The van der Waals surface area contributed by atoms with E-state index in [0.717, 1.165) is 30.9 Å². The van der Waals surface area contributed by atoms with Crippen LogP contribution < -0.4 is 5.32 Å². The van der Waals surface area contributed by atoms with Gasteiger partial charge in [0.2, 0.25) is 5.78 Å². The van der Waals surface area contributed by atoms with Gasteiger partial charge in [0.15, 0.2) is 0 Å². The third-order valence-corrected chi connectivity index (χ3v) is 4.02. The number of carbonyl (C=O) groups excluding carboxylic acids is 1. The van der Waals surface area contributed by atoms with Gasteiger partial charge in [0.05, 0.1) is 30.0 Å². The fourth-order valence-corrected chi connectivity index (χ4v) is 2.90. The van der Waals surface area contributed by atoms with Gasteiger partial charge in [-0.1, -0.05) is 30.3 Å². The third kappa shape index (κ3) is 2.15. The van der Waals surface area contributed by atoms with Crippen molar-refractivity contribution in [3.05, 3.63) is 65.4 Å². The lowest BCUT2D eigenvalue weighted by Crippen LogP contribution is -2.31. The van der Waals surface area contributed by atoms with Crippen LogP contribution in [-0.2, 0) is 13.0 Å². The lowest BCUT2D eigenvalue weighted by atomic mass is 10.0. The summed E-state index contributed by atoms with van der Waals surface area (Å²) in [5.74, 6) is -0.0392. The van der Waals surface area contributed by atoms with E-state index in [1.54, 1.807) is 6.33 Å². The molecule has 22 heavy (non-hydrogen) atoms. The number of carbonyl (C=O) groups is 1. The van der Waals surface area contributed by atoms with Crippen molar-refractivity contribution in [2.45, 2.75) is 13.0 Å². The van der Waals surface area contributed by atoms with Gasteiger partial charge in [0.1, 0.15) is 5.69 Å². The first-order chi connectivity index (χ1) is 10.8. The minimum atomic E-state index is -0.0392. The topological polar surface area (TPSA) is 59.3 Å². The summed E-state index contributed by atoms with van der Waals surface area (Å²) in [6.45, 7) is 2.24. The molecule has 0 atom stereocenters. The molecule has 5 heteroatoms. The number of imidazole rings is 1. The van der Waals surface area contributed by atoms with Gasteiger partial charge < -0.3 is 9.88 Å². The molecule has 0 bridgehead atoms. The molecule has 110 valence electrons. The molecule has 2 aliphatic rings. The summed E-state index contributed by atoms with van der Waals surface area (Å²) in [7, 11) is 0. The van der Waals surface area contributed by atoms with Crippen LogP contribution in [0.25, 0.3) is 0 Å². The molecule has 1 aliphatic carbocycles. The molecule has 1 aromatic carbocycles. The fraction of sp³-hybridized carbons (Fsp3) is 0.235. The monoisotopic (exact) mass is 292 g/mol. The fourth-order valence-electron chi connectivity index (χ4n) is 2.90. The van der Waals surface area contributed by atoms with E-state index in [2.05, 4.69) is 27.4 Å². The molecule has 2 heterocycles. The van der Waals surface area contributed by atoms with Crippen molar-refractivity contribution >= 4 is 11.5 Å². The summed E-state index contributed by atoms with van der Waals surface area (Å²) in [5.41, 5.74) is 4.08. The van der Waals surface area contributed by atoms with Crippen LogP contribution in [0.4, 0.5) is 0 Å². The van der Waals surface area contributed by atoms with Crippen LogP contribution in [-0.4, -0.2) is 34.1 Å². The predicted octanol–water partition coefficient (Wildman–Crippen LogP) is 1.60. The van der Waals surface area contributed by atoms with Gasteiger partial charge >= 0.3 is 0 Å². The average molecular weight is 292 g/mol. The number of ketones is 1. The highest BCUT2D eigenvalue weighted by Crippen LogP contribution is 2.22. The molecule has 1 N–H and O–H groups in total. The number of hydrogen-bond donors (Lipinski definition) is 1. The van der Waals surface area contributed by atoms with Gasteiger partial charge in [-0.05, 0) is 18.1 Å². The lowest BCUT2D eigenvalue weighted by Gasteiger charge is -2.20. The van der Waals surface area contributed by atoms with E-state index in [-0.39, 0.29) is 5.78 Å². The Hall–Kier alpha value is -2.69. The van der Waals surface area contributed by atoms with Crippen molar-refractivity contribution in [1.29, 1.82) is 0 Å². The first kappa shape index (κ1) is 13.0. The van der Waals surface area contributed by atoms with Crippen LogP contribution in [0.1, 0.15) is 21.7 Å². The summed E-state index contributed by atoms with van der Waals surface area (Å²) < 4.78 is 2.01. The molecule has 0 saturated carbocycles. The predicted molar refractivity (Wildman–Crippen MR) is 84.2 cm³/mol. The SMILES string of the molecule is O=C1C(NCCc2ccccc2)=CC2=NCCn3cnc1c32. The van der Waals surface area contributed by atoms with Crippen molar-refractivity contribution in [1.82, 2.24) is 14.9 Å². The van der Waals surface area contributed by atoms with Crippen LogP contribution >= 0.6 is 0 Å². The van der Waals surface area contributed by atoms with E-state index >= 15 is 0 Å². The second kappa shape index (κ2) is 5.26. The maximum Gasteiger partial charge on any atom is 0.229 e. The number of allylic oxidation sites excluding steroid dienone is 2. The standard InChI is InChI=1S/C17H16N4O/c22-17-14(18-7-6-12-4-2-1-3-5-12)10-13-16-15(17)20-11-21(16)9-8-19-13/h1-5,10-11,18H,6-9H2. The number of nitrogens with zero attached hydrogens (tertiary/aromatic N) is 3. The van der Waals surface area contributed by atoms with E-state index in [4.69, 9.17) is 0 Å². The van der Waals surface area contributed by atoms with E-state index in [0.29, 0.717) is 17.9 Å². The van der Waals surface area contributed by atoms with E-state index in [1.807, 2.05) is 28.8 Å². The number of aromatic nitrogens is 2. The van der Waals surface area contributed by atoms with Gasteiger partial charge in [-0.3, -0.25) is 9.79 Å². The maximum absolute atomic E-state index is 12.5. The Bertz CT molecular complexity index is 786. The van der Waals surface area contributed by atoms with Gasteiger partial charge in [-0.25, -0.2) is 4.98 Å².